The van der Waals surface area contributed by atoms with Gasteiger partial charge in [-0.3, -0.25) is 4.48 Å². The van der Waals surface area contributed by atoms with Gasteiger partial charge in [0, 0.05) is 0 Å². The summed E-state index contributed by atoms with van der Waals surface area (Å²) in [5.74, 6) is 0. The van der Waals surface area contributed by atoms with Crippen molar-refractivity contribution in [2.24, 2.45) is 0 Å². The molecule has 0 aromatic heterocycles. The van der Waals surface area contributed by atoms with E-state index in [1.807, 2.05) is 0 Å². The molecular weight excluding hydrogens is 218 g/mol. The van der Waals surface area contributed by atoms with E-state index in [9.17, 15) is 0 Å². The van der Waals surface area contributed by atoms with E-state index >= 15 is 0 Å². The normalized spacial score (nSPS) is 18.3. The molecule has 0 N–H and O–H groups in total. The maximum absolute atomic E-state index is 2.34. The SMILES string of the molecule is CCC[N+](C)(C1=CC[CH]C=C1)c1ccc(C)cc1. The van der Waals surface area contributed by atoms with Gasteiger partial charge in [0.25, 0.3) is 0 Å². The molecule has 18 heavy (non-hydrogen) atoms. The van der Waals surface area contributed by atoms with Crippen molar-refractivity contribution in [3.63, 3.8) is 0 Å². The van der Waals surface area contributed by atoms with Gasteiger partial charge >= 0.3 is 0 Å². The predicted octanol–water partition coefficient (Wildman–Crippen LogP) is 4.39. The second-order valence-electron chi connectivity index (χ2n) is 5.21. The third kappa shape index (κ3) is 2.56. The average Bonchev–Trinajstić information content (AvgIpc) is 2.40. The molecule has 1 unspecified atom stereocenters. The van der Waals surface area contributed by atoms with E-state index in [2.05, 4.69) is 69.8 Å². The maximum atomic E-state index is 2.34. The second kappa shape index (κ2) is 5.53. The first-order chi connectivity index (χ1) is 8.66. The summed E-state index contributed by atoms with van der Waals surface area (Å²) < 4.78 is 0.904. The minimum atomic E-state index is 0.904. The number of allylic oxidation sites excluding steroid dienone is 3. The van der Waals surface area contributed by atoms with Crippen molar-refractivity contribution in [2.45, 2.75) is 26.7 Å². The number of quaternary nitrogens is 1. The molecule has 95 valence electrons. The highest BCUT2D eigenvalue weighted by atomic mass is 15.3. The number of likely N-dealkylation sites (N-methyl/N-ethyl adjacent to an activating group) is 1. The zero-order valence-corrected chi connectivity index (χ0v) is 11.7. The summed E-state index contributed by atoms with van der Waals surface area (Å²) in [6, 6.07) is 8.94. The standard InChI is InChI=1S/C17H23N/c1-4-14-18(3,16-8-6-5-7-9-16)17-12-10-15(2)11-13-17/h5-6,8-13H,4,7,14H2,1-3H3/q+1. The van der Waals surface area contributed by atoms with Crippen molar-refractivity contribution >= 4 is 5.69 Å². The minimum Gasteiger partial charge on any atom is -0.261 e. The van der Waals surface area contributed by atoms with E-state index < -0.39 is 0 Å². The van der Waals surface area contributed by atoms with Crippen LogP contribution in [0.2, 0.25) is 0 Å². The third-order valence-electron chi connectivity index (χ3n) is 3.71. The first kappa shape index (κ1) is 13.1. The van der Waals surface area contributed by atoms with Crippen LogP contribution in [-0.4, -0.2) is 13.6 Å². The van der Waals surface area contributed by atoms with Gasteiger partial charge in [-0.05, 0) is 50.5 Å². The highest BCUT2D eigenvalue weighted by Gasteiger charge is 2.28. The Balaban J connectivity index is 2.39. The number of nitrogens with zero attached hydrogens (tertiary/aromatic N) is 1. The van der Waals surface area contributed by atoms with Gasteiger partial charge < -0.3 is 0 Å². The topological polar surface area (TPSA) is 0 Å². The molecular formula is C17H23N+. The van der Waals surface area contributed by atoms with Crippen LogP contribution in [0.5, 0.6) is 0 Å². The van der Waals surface area contributed by atoms with E-state index in [0.717, 1.165) is 17.4 Å². The van der Waals surface area contributed by atoms with Crippen molar-refractivity contribution in [3.8, 4) is 0 Å². The summed E-state index contributed by atoms with van der Waals surface area (Å²) in [6.07, 6.45) is 11.2. The fourth-order valence-corrected chi connectivity index (χ4v) is 2.60. The van der Waals surface area contributed by atoms with Crippen molar-refractivity contribution < 1.29 is 0 Å². The van der Waals surface area contributed by atoms with E-state index in [0.29, 0.717) is 0 Å². The Labute approximate surface area is 111 Å². The molecule has 1 nitrogen and oxygen atoms in total. The number of hydrogen-bond donors (Lipinski definition) is 0. The molecule has 0 saturated carbocycles. The molecule has 1 aliphatic carbocycles. The molecule has 0 aliphatic heterocycles. The van der Waals surface area contributed by atoms with Gasteiger partial charge in [0.15, 0.2) is 0 Å². The lowest BCUT2D eigenvalue weighted by molar-refractivity contribution is 0.415. The van der Waals surface area contributed by atoms with Crippen LogP contribution in [-0.2, 0) is 0 Å². The van der Waals surface area contributed by atoms with E-state index in [4.69, 9.17) is 0 Å². The van der Waals surface area contributed by atoms with Crippen LogP contribution >= 0.6 is 0 Å². The second-order valence-corrected chi connectivity index (χ2v) is 5.21. The van der Waals surface area contributed by atoms with Crippen LogP contribution in [0.1, 0.15) is 25.3 Å². The number of rotatable bonds is 4. The van der Waals surface area contributed by atoms with E-state index in [1.165, 1.54) is 23.4 Å². The van der Waals surface area contributed by atoms with Gasteiger partial charge in [-0.2, -0.15) is 0 Å². The van der Waals surface area contributed by atoms with Gasteiger partial charge in [-0.15, -0.1) is 0 Å². The molecule has 0 heterocycles. The monoisotopic (exact) mass is 241 g/mol. The Kier molecular flexibility index (Phi) is 4.03. The molecule has 1 aliphatic rings. The summed E-state index contributed by atoms with van der Waals surface area (Å²) in [6.45, 7) is 5.53. The Bertz CT molecular complexity index is 453. The summed E-state index contributed by atoms with van der Waals surface area (Å²) in [5, 5.41) is 0. The lowest BCUT2D eigenvalue weighted by Crippen LogP contribution is -2.44. The summed E-state index contributed by atoms with van der Waals surface area (Å²) in [7, 11) is 2.32. The third-order valence-corrected chi connectivity index (χ3v) is 3.71. The van der Waals surface area contributed by atoms with E-state index in [1.54, 1.807) is 0 Å². The minimum absolute atomic E-state index is 0.904. The Morgan fingerprint density at radius 2 is 1.89 bits per heavy atom. The first-order valence-electron chi connectivity index (χ1n) is 6.80. The smallest absolute Gasteiger partial charge is 0.137 e. The number of aryl methyl sites for hydroxylation is 1. The average molecular weight is 241 g/mol. The summed E-state index contributed by atoms with van der Waals surface area (Å²) in [5.41, 5.74) is 4.10. The van der Waals surface area contributed by atoms with E-state index in [-0.39, 0.29) is 0 Å². The van der Waals surface area contributed by atoms with Gasteiger partial charge in [0.2, 0.25) is 0 Å². The highest BCUT2D eigenvalue weighted by molar-refractivity contribution is 5.51. The van der Waals surface area contributed by atoms with Gasteiger partial charge in [-0.1, -0.05) is 30.7 Å². The fraction of sp³-hybridized carbons (Fsp3) is 0.353. The maximum Gasteiger partial charge on any atom is 0.137 e. The predicted molar refractivity (Wildman–Crippen MR) is 80.2 cm³/mol. The van der Waals surface area contributed by atoms with Crippen LogP contribution in [0.4, 0.5) is 5.69 Å². The molecule has 1 atom stereocenters. The molecule has 1 aromatic carbocycles. The van der Waals surface area contributed by atoms with Crippen LogP contribution in [0, 0.1) is 13.3 Å². The number of hydrogen-bond acceptors (Lipinski definition) is 0. The molecule has 0 bridgehead atoms. The van der Waals surface area contributed by atoms with Crippen LogP contribution < -0.4 is 4.48 Å². The quantitative estimate of drug-likeness (QED) is 0.686. The molecule has 1 heteroatoms. The Morgan fingerprint density at radius 1 is 1.17 bits per heavy atom. The number of benzene rings is 1. The Morgan fingerprint density at radius 3 is 2.44 bits per heavy atom. The molecule has 2 rings (SSSR count). The highest BCUT2D eigenvalue weighted by Crippen LogP contribution is 2.30. The van der Waals surface area contributed by atoms with Crippen molar-refractivity contribution in [3.05, 3.63) is 60.2 Å². The molecule has 0 spiro atoms. The van der Waals surface area contributed by atoms with Crippen molar-refractivity contribution in [2.75, 3.05) is 13.6 Å². The van der Waals surface area contributed by atoms with Crippen LogP contribution in [0.15, 0.2) is 48.2 Å². The molecule has 1 radical (unpaired) electrons. The van der Waals surface area contributed by atoms with Gasteiger partial charge in [0.1, 0.15) is 11.4 Å². The largest absolute Gasteiger partial charge is 0.261 e. The van der Waals surface area contributed by atoms with Gasteiger partial charge in [-0.25, -0.2) is 0 Å². The lowest BCUT2D eigenvalue weighted by Gasteiger charge is -2.35. The first-order valence-corrected chi connectivity index (χ1v) is 6.80. The van der Waals surface area contributed by atoms with Gasteiger partial charge in [0.05, 0.1) is 13.6 Å². The fourth-order valence-electron chi connectivity index (χ4n) is 2.60. The molecule has 0 saturated heterocycles. The molecule has 0 fully saturated rings. The molecule has 0 amide bonds. The molecule has 1 aromatic rings. The summed E-state index contributed by atoms with van der Waals surface area (Å²) >= 11 is 0. The lowest BCUT2D eigenvalue weighted by atomic mass is 10.1. The van der Waals surface area contributed by atoms with Crippen molar-refractivity contribution in [1.29, 1.82) is 0 Å². The van der Waals surface area contributed by atoms with Crippen molar-refractivity contribution in [1.82, 2.24) is 4.48 Å². The van der Waals surface area contributed by atoms with Crippen LogP contribution in [0.25, 0.3) is 0 Å². The zero-order valence-electron chi connectivity index (χ0n) is 11.7. The zero-order chi connectivity index (χ0) is 13.0. The summed E-state index contributed by atoms with van der Waals surface area (Å²) in [4.78, 5) is 0. The van der Waals surface area contributed by atoms with Crippen LogP contribution in [0.3, 0.4) is 0 Å². The Hall–Kier alpha value is -1.34.